The van der Waals surface area contributed by atoms with Crippen molar-refractivity contribution in [2.45, 2.75) is 155 Å². The lowest BCUT2D eigenvalue weighted by Gasteiger charge is -2.05. The lowest BCUT2D eigenvalue weighted by molar-refractivity contribution is -0.130. The maximum atomic E-state index is 12.0. The van der Waals surface area contributed by atoms with Gasteiger partial charge in [-0.2, -0.15) is 0 Å². The van der Waals surface area contributed by atoms with Gasteiger partial charge >= 0.3 is 0 Å². The molecule has 0 atom stereocenters. The van der Waals surface area contributed by atoms with E-state index in [0.717, 1.165) is 57.8 Å². The van der Waals surface area contributed by atoms with Crippen molar-refractivity contribution >= 4 is 11.8 Å². The van der Waals surface area contributed by atoms with Crippen molar-refractivity contribution in [3.8, 4) is 0 Å². The van der Waals surface area contributed by atoms with Gasteiger partial charge in [0, 0.05) is 12.8 Å². The van der Waals surface area contributed by atoms with Gasteiger partial charge in [0.05, 0.1) is 0 Å². The first-order chi connectivity index (χ1) is 18.2. The van der Waals surface area contributed by atoms with Crippen LogP contribution in [0, 0.1) is 0 Å². The van der Waals surface area contributed by atoms with Gasteiger partial charge in [-0.25, -0.2) is 0 Å². The smallest absolute Gasteiger partial charge is 0.226 e. The zero-order valence-electron chi connectivity index (χ0n) is 24.5. The number of amides is 2. The number of nitrogens with one attached hydrogen (secondary N) is 1. The van der Waals surface area contributed by atoms with Crippen LogP contribution in [-0.2, 0) is 9.59 Å². The molecule has 0 spiro atoms. The average molecular weight is 514 g/mol. The molecule has 0 saturated heterocycles. The van der Waals surface area contributed by atoms with Gasteiger partial charge in [0.2, 0.25) is 11.8 Å². The highest BCUT2D eigenvalue weighted by atomic mass is 16.2. The summed E-state index contributed by atoms with van der Waals surface area (Å²) in [5, 5.41) is 2.57. The summed E-state index contributed by atoms with van der Waals surface area (Å²) < 4.78 is 0. The van der Waals surface area contributed by atoms with E-state index in [1.54, 1.807) is 0 Å². The first kappa shape index (κ1) is 35.1. The Hall–Kier alpha value is -1.90. The number of carbonyl (C=O) groups excluding carboxylic acids is 2. The molecule has 0 fully saturated rings. The Balaban J connectivity index is 3.43. The van der Waals surface area contributed by atoms with E-state index in [1.807, 2.05) is 0 Å². The molecule has 0 aliphatic heterocycles. The van der Waals surface area contributed by atoms with Crippen LogP contribution in [0.25, 0.3) is 0 Å². The van der Waals surface area contributed by atoms with Gasteiger partial charge in [0.15, 0.2) is 0 Å². The fourth-order valence-electron chi connectivity index (χ4n) is 4.19. The Kier molecular flexibility index (Phi) is 28.8. The SMILES string of the molecule is CC/C=C\C/C=C\C/C=C\CCCCCCCC(=O)NC(=O)CCCCCCC/C=C\CCCCCC. The molecule has 0 saturated carbocycles. The fourth-order valence-corrected chi connectivity index (χ4v) is 4.19. The van der Waals surface area contributed by atoms with Crippen LogP contribution in [0.1, 0.15) is 155 Å². The minimum Gasteiger partial charge on any atom is -0.296 e. The first-order valence-electron chi connectivity index (χ1n) is 15.6. The summed E-state index contributed by atoms with van der Waals surface area (Å²) in [6.07, 6.45) is 42.1. The number of unbranched alkanes of at least 4 members (excludes halogenated alkanes) is 14. The van der Waals surface area contributed by atoms with Gasteiger partial charge in [-0.1, -0.05) is 120 Å². The second-order valence-electron chi connectivity index (χ2n) is 10.2. The summed E-state index contributed by atoms with van der Waals surface area (Å²) in [7, 11) is 0. The maximum absolute atomic E-state index is 12.0. The van der Waals surface area contributed by atoms with Crippen molar-refractivity contribution in [2.24, 2.45) is 0 Å². The number of imide groups is 1. The topological polar surface area (TPSA) is 46.2 Å². The Morgan fingerprint density at radius 1 is 0.459 bits per heavy atom. The van der Waals surface area contributed by atoms with Crippen LogP contribution in [0.3, 0.4) is 0 Å². The number of hydrogen-bond donors (Lipinski definition) is 1. The molecule has 0 bridgehead atoms. The lowest BCUT2D eigenvalue weighted by Crippen LogP contribution is -2.29. The zero-order valence-corrected chi connectivity index (χ0v) is 24.5. The van der Waals surface area contributed by atoms with Crippen LogP contribution in [0.4, 0.5) is 0 Å². The molecule has 0 aromatic rings. The summed E-state index contributed by atoms with van der Waals surface area (Å²) >= 11 is 0. The van der Waals surface area contributed by atoms with E-state index >= 15 is 0 Å². The van der Waals surface area contributed by atoms with E-state index in [4.69, 9.17) is 0 Å². The first-order valence-corrected chi connectivity index (χ1v) is 15.6. The van der Waals surface area contributed by atoms with Crippen LogP contribution >= 0.6 is 0 Å². The van der Waals surface area contributed by atoms with Crippen molar-refractivity contribution in [2.75, 3.05) is 0 Å². The Morgan fingerprint density at radius 2 is 0.838 bits per heavy atom. The molecule has 1 N–H and O–H groups in total. The molecule has 2 amide bonds. The molecule has 0 radical (unpaired) electrons. The zero-order chi connectivity index (χ0) is 27.1. The normalized spacial score (nSPS) is 12.1. The Morgan fingerprint density at radius 3 is 1.32 bits per heavy atom. The van der Waals surface area contributed by atoms with Crippen LogP contribution in [0.5, 0.6) is 0 Å². The van der Waals surface area contributed by atoms with Crippen molar-refractivity contribution < 1.29 is 9.59 Å². The van der Waals surface area contributed by atoms with Gasteiger partial charge < -0.3 is 0 Å². The molecule has 0 aliphatic rings. The van der Waals surface area contributed by atoms with Gasteiger partial charge in [-0.05, 0) is 70.6 Å². The molecule has 3 heteroatoms. The number of carbonyl (C=O) groups is 2. The monoisotopic (exact) mass is 513 g/mol. The van der Waals surface area contributed by atoms with Crippen LogP contribution in [0.15, 0.2) is 48.6 Å². The Labute approximate surface area is 230 Å². The average Bonchev–Trinajstić information content (AvgIpc) is 2.89. The van der Waals surface area contributed by atoms with E-state index in [1.165, 1.54) is 70.6 Å². The number of allylic oxidation sites excluding steroid dienone is 8. The molecule has 37 heavy (non-hydrogen) atoms. The van der Waals surface area contributed by atoms with Gasteiger partial charge in [-0.3, -0.25) is 14.9 Å². The van der Waals surface area contributed by atoms with Crippen LogP contribution in [0.2, 0.25) is 0 Å². The summed E-state index contributed by atoms with van der Waals surface area (Å²) in [5.74, 6) is -0.206. The summed E-state index contributed by atoms with van der Waals surface area (Å²) in [6, 6.07) is 0. The highest BCUT2D eigenvalue weighted by molar-refractivity contribution is 5.95. The van der Waals surface area contributed by atoms with Crippen molar-refractivity contribution in [1.82, 2.24) is 5.32 Å². The standard InChI is InChI=1S/C34H59NO2/c1-3-5-7-9-11-13-15-17-18-20-22-24-26-28-30-32-34(37)35-33(36)31-29-27-25-23-21-19-16-14-12-10-8-6-4-2/h5,7,11,13-14,16-18H,3-4,6,8-10,12,15,19-32H2,1-2H3,(H,35,36,37)/b7-5-,13-11-,16-14-,18-17-. The van der Waals surface area contributed by atoms with Crippen molar-refractivity contribution in [3.05, 3.63) is 48.6 Å². The number of hydrogen-bond acceptors (Lipinski definition) is 2. The summed E-state index contributed by atoms with van der Waals surface area (Å²) in [4.78, 5) is 23.9. The predicted molar refractivity (Wildman–Crippen MR) is 163 cm³/mol. The molecule has 0 rings (SSSR count). The highest BCUT2D eigenvalue weighted by Gasteiger charge is 2.07. The molecule has 212 valence electrons. The second-order valence-corrected chi connectivity index (χ2v) is 10.2. The molecular formula is C34H59NO2. The van der Waals surface area contributed by atoms with Crippen molar-refractivity contribution in [1.29, 1.82) is 0 Å². The molecule has 0 unspecified atom stereocenters. The third-order valence-corrected chi connectivity index (χ3v) is 6.50. The summed E-state index contributed by atoms with van der Waals surface area (Å²) in [5.41, 5.74) is 0. The van der Waals surface area contributed by atoms with Gasteiger partial charge in [0.1, 0.15) is 0 Å². The molecular weight excluding hydrogens is 454 g/mol. The van der Waals surface area contributed by atoms with E-state index in [9.17, 15) is 9.59 Å². The predicted octanol–water partition coefficient (Wildman–Crippen LogP) is 10.5. The Bertz CT molecular complexity index is 630. The van der Waals surface area contributed by atoms with E-state index in [2.05, 4.69) is 67.8 Å². The molecule has 0 heterocycles. The highest BCUT2D eigenvalue weighted by Crippen LogP contribution is 2.10. The minimum atomic E-state index is -0.104. The largest absolute Gasteiger partial charge is 0.296 e. The van der Waals surface area contributed by atoms with Gasteiger partial charge in [-0.15, -0.1) is 0 Å². The molecule has 0 aliphatic carbocycles. The van der Waals surface area contributed by atoms with Crippen molar-refractivity contribution in [3.63, 3.8) is 0 Å². The molecule has 0 aromatic carbocycles. The minimum absolute atomic E-state index is 0.102. The van der Waals surface area contributed by atoms with E-state index < -0.39 is 0 Å². The van der Waals surface area contributed by atoms with E-state index in [0.29, 0.717) is 12.8 Å². The van der Waals surface area contributed by atoms with Gasteiger partial charge in [0.25, 0.3) is 0 Å². The summed E-state index contributed by atoms with van der Waals surface area (Å²) in [6.45, 7) is 4.41. The third kappa shape index (κ3) is 30.2. The molecule has 3 nitrogen and oxygen atoms in total. The molecule has 0 aromatic heterocycles. The van der Waals surface area contributed by atoms with Crippen LogP contribution < -0.4 is 5.32 Å². The van der Waals surface area contributed by atoms with Crippen LogP contribution in [-0.4, -0.2) is 11.8 Å². The third-order valence-electron chi connectivity index (χ3n) is 6.50. The fraction of sp³-hybridized carbons (Fsp3) is 0.706. The quantitative estimate of drug-likeness (QED) is 0.0923. The lowest BCUT2D eigenvalue weighted by atomic mass is 10.1. The maximum Gasteiger partial charge on any atom is 0.226 e. The van der Waals surface area contributed by atoms with E-state index in [-0.39, 0.29) is 11.8 Å². The number of rotatable bonds is 26. The second kappa shape index (κ2) is 30.3.